The Morgan fingerprint density at radius 3 is 2.60 bits per heavy atom. The summed E-state index contributed by atoms with van der Waals surface area (Å²) >= 11 is 0. The van der Waals surface area contributed by atoms with E-state index < -0.39 is 5.82 Å². The molecular formula is C7H7F2N. The van der Waals surface area contributed by atoms with E-state index in [-0.39, 0.29) is 5.69 Å². The van der Waals surface area contributed by atoms with Gasteiger partial charge in [0.05, 0.1) is 0 Å². The molecule has 0 saturated heterocycles. The van der Waals surface area contributed by atoms with Gasteiger partial charge in [-0.2, -0.15) is 0 Å². The summed E-state index contributed by atoms with van der Waals surface area (Å²) in [6.07, 6.45) is 0. The summed E-state index contributed by atoms with van der Waals surface area (Å²) in [5.41, 5.74) is 1.97. The van der Waals surface area contributed by atoms with Gasteiger partial charge in [0, 0.05) is 0 Å². The molecule has 0 heterocycles. The molecule has 0 bridgehead atoms. The summed E-state index contributed by atoms with van der Waals surface area (Å²) < 4.78 is 24.1. The highest BCUT2D eigenvalue weighted by molar-refractivity contribution is 5.44. The lowest BCUT2D eigenvalue weighted by molar-refractivity contribution is 0.580. The smallest absolute Gasteiger partial charge is 0.148 e. The van der Waals surface area contributed by atoms with E-state index in [0.717, 1.165) is 5.56 Å². The van der Waals surface area contributed by atoms with Gasteiger partial charge in [-0.1, -0.05) is 6.07 Å². The van der Waals surface area contributed by atoms with Gasteiger partial charge in [-0.15, -0.1) is 4.48 Å². The van der Waals surface area contributed by atoms with Crippen molar-refractivity contribution in [2.75, 3.05) is 5.54 Å². The zero-order valence-corrected chi connectivity index (χ0v) is 5.49. The lowest BCUT2D eigenvalue weighted by atomic mass is 10.2. The summed E-state index contributed by atoms with van der Waals surface area (Å²) in [5, 5.41) is 0. The van der Waals surface area contributed by atoms with E-state index in [2.05, 4.69) is 0 Å². The molecule has 0 aliphatic rings. The number of anilines is 1. The molecule has 0 aliphatic carbocycles. The van der Waals surface area contributed by atoms with Crippen LogP contribution < -0.4 is 5.54 Å². The molecule has 0 radical (unpaired) electrons. The second-order valence-electron chi connectivity index (χ2n) is 2.08. The van der Waals surface area contributed by atoms with Crippen molar-refractivity contribution in [1.82, 2.24) is 0 Å². The van der Waals surface area contributed by atoms with Crippen LogP contribution in [-0.2, 0) is 0 Å². The second kappa shape index (κ2) is 2.64. The number of aryl methyl sites for hydroxylation is 1. The van der Waals surface area contributed by atoms with Crippen LogP contribution in [0, 0.1) is 12.7 Å². The molecule has 0 aromatic heterocycles. The number of hydrogen-bond acceptors (Lipinski definition) is 1. The predicted octanol–water partition coefficient (Wildman–Crippen LogP) is 2.43. The van der Waals surface area contributed by atoms with Gasteiger partial charge in [0.15, 0.2) is 0 Å². The standard InChI is InChI=1S/C7H7F2N/c1-5-2-3-6(8)7(4-5)10-9/h2-4,10H,1H3. The molecule has 1 rings (SSSR count). The van der Waals surface area contributed by atoms with Crippen LogP contribution in [0.4, 0.5) is 14.6 Å². The molecule has 10 heavy (non-hydrogen) atoms. The number of nitrogens with one attached hydrogen (secondary N) is 1. The third-order valence-electron chi connectivity index (χ3n) is 1.22. The van der Waals surface area contributed by atoms with Crippen LogP contribution in [0.15, 0.2) is 18.2 Å². The van der Waals surface area contributed by atoms with Crippen molar-refractivity contribution in [3.8, 4) is 0 Å². The SMILES string of the molecule is Cc1ccc(F)c(NF)c1. The average Bonchev–Trinajstić information content (AvgIpc) is 1.94. The number of rotatable bonds is 1. The van der Waals surface area contributed by atoms with Crippen LogP contribution in [0.1, 0.15) is 5.56 Å². The molecule has 0 spiro atoms. The zero-order valence-electron chi connectivity index (χ0n) is 5.49. The van der Waals surface area contributed by atoms with Gasteiger partial charge in [-0.05, 0) is 24.6 Å². The Bertz CT molecular complexity index is 235. The van der Waals surface area contributed by atoms with Gasteiger partial charge >= 0.3 is 0 Å². The zero-order chi connectivity index (χ0) is 7.56. The summed E-state index contributed by atoms with van der Waals surface area (Å²) in [5.74, 6) is -0.576. The molecule has 0 saturated carbocycles. The Kier molecular flexibility index (Phi) is 1.85. The van der Waals surface area contributed by atoms with E-state index in [0.29, 0.717) is 0 Å². The second-order valence-corrected chi connectivity index (χ2v) is 2.08. The minimum absolute atomic E-state index is 0.111. The summed E-state index contributed by atoms with van der Waals surface area (Å²) in [7, 11) is 0. The first kappa shape index (κ1) is 6.99. The monoisotopic (exact) mass is 143 g/mol. The molecule has 1 aromatic carbocycles. The fraction of sp³-hybridized carbons (Fsp3) is 0.143. The van der Waals surface area contributed by atoms with Crippen molar-refractivity contribution in [2.45, 2.75) is 6.92 Å². The predicted molar refractivity (Wildman–Crippen MR) is 35.9 cm³/mol. The molecule has 1 N–H and O–H groups in total. The van der Waals surface area contributed by atoms with E-state index in [1.54, 1.807) is 13.0 Å². The maximum Gasteiger partial charge on any atom is 0.148 e. The van der Waals surface area contributed by atoms with Crippen molar-refractivity contribution in [2.24, 2.45) is 0 Å². The van der Waals surface area contributed by atoms with Crippen LogP contribution in [-0.4, -0.2) is 0 Å². The van der Waals surface area contributed by atoms with Gasteiger partial charge in [0.2, 0.25) is 0 Å². The molecule has 0 aliphatic heterocycles. The van der Waals surface area contributed by atoms with E-state index in [1.165, 1.54) is 17.7 Å². The van der Waals surface area contributed by atoms with E-state index in [4.69, 9.17) is 0 Å². The fourth-order valence-electron chi connectivity index (χ4n) is 0.712. The lowest BCUT2D eigenvalue weighted by Gasteiger charge is -1.98. The minimum Gasteiger partial charge on any atom is -0.222 e. The number of hydrogen-bond donors (Lipinski definition) is 1. The molecule has 0 atom stereocenters. The van der Waals surface area contributed by atoms with Gasteiger partial charge in [0.25, 0.3) is 0 Å². The summed E-state index contributed by atoms with van der Waals surface area (Å²) in [4.78, 5) is 0. The Balaban J connectivity index is 3.09. The van der Waals surface area contributed by atoms with Crippen molar-refractivity contribution < 1.29 is 8.87 Å². The highest BCUT2D eigenvalue weighted by atomic mass is 19.2. The van der Waals surface area contributed by atoms with Gasteiger partial charge in [0.1, 0.15) is 11.5 Å². The van der Waals surface area contributed by atoms with Crippen LogP contribution in [0.2, 0.25) is 0 Å². The Morgan fingerprint density at radius 2 is 2.10 bits per heavy atom. The van der Waals surface area contributed by atoms with E-state index in [9.17, 15) is 8.87 Å². The normalized spacial score (nSPS) is 9.50. The molecule has 1 aromatic rings. The van der Waals surface area contributed by atoms with Crippen molar-refractivity contribution in [3.05, 3.63) is 29.6 Å². The van der Waals surface area contributed by atoms with Crippen LogP contribution in [0.25, 0.3) is 0 Å². The Hall–Kier alpha value is -1.12. The van der Waals surface area contributed by atoms with Gasteiger partial charge in [-0.3, -0.25) is 0 Å². The highest BCUT2D eigenvalue weighted by Crippen LogP contribution is 2.14. The molecule has 1 nitrogen and oxygen atoms in total. The lowest BCUT2D eigenvalue weighted by Crippen LogP contribution is -1.87. The molecule has 0 fully saturated rings. The summed E-state index contributed by atoms with van der Waals surface area (Å²) in [6.45, 7) is 1.76. The first-order chi connectivity index (χ1) is 4.74. The van der Waals surface area contributed by atoms with Gasteiger partial charge < -0.3 is 0 Å². The van der Waals surface area contributed by atoms with E-state index in [1.807, 2.05) is 0 Å². The van der Waals surface area contributed by atoms with Crippen LogP contribution in [0.5, 0.6) is 0 Å². The highest BCUT2D eigenvalue weighted by Gasteiger charge is 1.98. The van der Waals surface area contributed by atoms with Crippen molar-refractivity contribution in [3.63, 3.8) is 0 Å². The maximum absolute atomic E-state index is 12.5. The van der Waals surface area contributed by atoms with Crippen molar-refractivity contribution in [1.29, 1.82) is 0 Å². The van der Waals surface area contributed by atoms with Crippen LogP contribution >= 0.6 is 0 Å². The maximum atomic E-state index is 12.5. The first-order valence-corrected chi connectivity index (χ1v) is 2.87. The quantitative estimate of drug-likeness (QED) is 0.595. The topological polar surface area (TPSA) is 12.0 Å². The molecule has 54 valence electrons. The third-order valence-corrected chi connectivity index (χ3v) is 1.22. The number of halogens is 2. The largest absolute Gasteiger partial charge is 0.222 e. The Labute approximate surface area is 57.6 Å². The molecule has 3 heteroatoms. The average molecular weight is 143 g/mol. The molecular weight excluding hydrogens is 136 g/mol. The third kappa shape index (κ3) is 1.23. The first-order valence-electron chi connectivity index (χ1n) is 2.87. The van der Waals surface area contributed by atoms with Gasteiger partial charge in [-0.25, -0.2) is 9.93 Å². The molecule has 0 unspecified atom stereocenters. The van der Waals surface area contributed by atoms with Crippen molar-refractivity contribution >= 4 is 5.69 Å². The Morgan fingerprint density at radius 1 is 1.40 bits per heavy atom. The fourth-order valence-corrected chi connectivity index (χ4v) is 0.712. The van der Waals surface area contributed by atoms with E-state index >= 15 is 0 Å². The van der Waals surface area contributed by atoms with Crippen LogP contribution in [0.3, 0.4) is 0 Å². The summed E-state index contributed by atoms with van der Waals surface area (Å²) in [6, 6.07) is 4.20. The molecule has 0 amide bonds. The minimum atomic E-state index is -0.576. The number of benzene rings is 1.